The van der Waals surface area contributed by atoms with Gasteiger partial charge >= 0.3 is 0 Å². The average molecular weight is 346 g/mol. The van der Waals surface area contributed by atoms with E-state index < -0.39 is 0 Å². The van der Waals surface area contributed by atoms with Gasteiger partial charge in [-0.15, -0.1) is 12.4 Å². The molecule has 3 rings (SSSR count). The van der Waals surface area contributed by atoms with E-state index in [9.17, 15) is 4.79 Å². The van der Waals surface area contributed by atoms with E-state index in [1.807, 2.05) is 6.07 Å². The van der Waals surface area contributed by atoms with Crippen molar-refractivity contribution in [3.05, 3.63) is 34.3 Å². The molecule has 19 heavy (non-hydrogen) atoms. The highest BCUT2D eigenvalue weighted by Gasteiger charge is 2.45. The van der Waals surface area contributed by atoms with Gasteiger partial charge in [-0.3, -0.25) is 4.79 Å². The second-order valence-electron chi connectivity index (χ2n) is 5.33. The van der Waals surface area contributed by atoms with E-state index in [-0.39, 0.29) is 29.6 Å². The minimum atomic E-state index is 0. The molecule has 2 aliphatic rings. The van der Waals surface area contributed by atoms with Gasteiger partial charge in [0.1, 0.15) is 0 Å². The van der Waals surface area contributed by atoms with Gasteiger partial charge in [-0.05, 0) is 24.5 Å². The van der Waals surface area contributed by atoms with Gasteiger partial charge in [0.05, 0.1) is 5.92 Å². The molecule has 2 fully saturated rings. The summed E-state index contributed by atoms with van der Waals surface area (Å²) in [5, 5.41) is 6.24. The van der Waals surface area contributed by atoms with Crippen molar-refractivity contribution in [1.82, 2.24) is 10.6 Å². The van der Waals surface area contributed by atoms with Crippen LogP contribution in [0.3, 0.4) is 0 Å². The normalized spacial score (nSPS) is 20.1. The zero-order valence-electron chi connectivity index (χ0n) is 10.6. The molecule has 0 atom stereocenters. The lowest BCUT2D eigenvalue weighted by Gasteiger charge is -2.27. The summed E-state index contributed by atoms with van der Waals surface area (Å²) in [5.41, 5.74) is 1.50. The number of halogens is 2. The van der Waals surface area contributed by atoms with Crippen LogP contribution in [0.15, 0.2) is 28.7 Å². The van der Waals surface area contributed by atoms with E-state index in [1.54, 1.807) is 0 Å². The van der Waals surface area contributed by atoms with Crippen molar-refractivity contribution >= 4 is 34.2 Å². The summed E-state index contributed by atoms with van der Waals surface area (Å²) >= 11 is 3.61. The Kier molecular flexibility index (Phi) is 4.54. The molecule has 0 unspecified atom stereocenters. The fraction of sp³-hybridized carbons (Fsp3) is 0.500. The Labute approximate surface area is 128 Å². The maximum absolute atomic E-state index is 11.9. The van der Waals surface area contributed by atoms with Gasteiger partial charge < -0.3 is 10.6 Å². The number of benzene rings is 1. The first-order valence-corrected chi connectivity index (χ1v) is 7.24. The first-order valence-electron chi connectivity index (χ1n) is 6.45. The maximum atomic E-state index is 11.9. The third kappa shape index (κ3) is 2.96. The van der Waals surface area contributed by atoms with Crippen molar-refractivity contribution in [3.63, 3.8) is 0 Å². The van der Waals surface area contributed by atoms with Gasteiger partial charge in [-0.2, -0.15) is 0 Å². The largest absolute Gasteiger partial charge is 0.355 e. The molecule has 1 saturated heterocycles. The summed E-state index contributed by atoms with van der Waals surface area (Å²) in [6.07, 6.45) is 2.33. The molecule has 5 heteroatoms. The van der Waals surface area contributed by atoms with Gasteiger partial charge in [0, 0.05) is 29.5 Å². The zero-order chi connectivity index (χ0) is 12.6. The molecule has 1 aromatic rings. The smallest absolute Gasteiger partial charge is 0.225 e. The van der Waals surface area contributed by atoms with Crippen LogP contribution in [0, 0.1) is 5.92 Å². The van der Waals surface area contributed by atoms with Crippen molar-refractivity contribution in [1.29, 1.82) is 0 Å². The monoisotopic (exact) mass is 344 g/mol. The van der Waals surface area contributed by atoms with Crippen molar-refractivity contribution in [2.75, 3.05) is 19.6 Å². The number of nitrogens with one attached hydrogen (secondary N) is 2. The standard InChI is InChI=1S/C14H17BrN2O.ClH/c15-12-4-2-1-3-11(12)14(5-6-14)9-17-13(18)10-7-16-8-10;/h1-4,10,16H,5-9H2,(H,17,18);1H. The predicted molar refractivity (Wildman–Crippen MR) is 81.7 cm³/mol. The average Bonchev–Trinajstić information content (AvgIpc) is 3.06. The first-order chi connectivity index (χ1) is 8.71. The lowest BCUT2D eigenvalue weighted by atomic mass is 9.95. The van der Waals surface area contributed by atoms with Crippen LogP contribution < -0.4 is 10.6 Å². The van der Waals surface area contributed by atoms with E-state index in [0.717, 1.165) is 24.1 Å². The number of carbonyl (C=O) groups excluding carboxylic acids is 1. The van der Waals surface area contributed by atoms with Crippen molar-refractivity contribution in [2.24, 2.45) is 5.92 Å². The third-order valence-corrected chi connectivity index (χ3v) is 4.74. The fourth-order valence-electron chi connectivity index (χ4n) is 2.46. The summed E-state index contributed by atoms with van der Waals surface area (Å²) in [5.74, 6) is 0.382. The number of hydrogen-bond donors (Lipinski definition) is 2. The quantitative estimate of drug-likeness (QED) is 0.879. The molecule has 1 amide bonds. The zero-order valence-corrected chi connectivity index (χ0v) is 13.0. The Hall–Kier alpha value is -0.580. The molecular weight excluding hydrogens is 328 g/mol. The Balaban J connectivity index is 0.00000133. The minimum absolute atomic E-state index is 0. The highest BCUT2D eigenvalue weighted by molar-refractivity contribution is 9.10. The summed E-state index contributed by atoms with van der Waals surface area (Å²) in [6, 6.07) is 8.33. The molecule has 2 N–H and O–H groups in total. The second-order valence-corrected chi connectivity index (χ2v) is 6.19. The van der Waals surface area contributed by atoms with Crippen LogP contribution >= 0.6 is 28.3 Å². The van der Waals surface area contributed by atoms with Crippen molar-refractivity contribution in [3.8, 4) is 0 Å². The van der Waals surface area contributed by atoms with E-state index in [1.165, 1.54) is 18.4 Å². The highest BCUT2D eigenvalue weighted by Crippen LogP contribution is 2.49. The van der Waals surface area contributed by atoms with Crippen LogP contribution in [0.2, 0.25) is 0 Å². The molecule has 1 aromatic carbocycles. The molecule has 1 saturated carbocycles. The molecule has 3 nitrogen and oxygen atoms in total. The van der Waals surface area contributed by atoms with Crippen LogP contribution in [0.1, 0.15) is 18.4 Å². The fourth-order valence-corrected chi connectivity index (χ4v) is 3.16. The van der Waals surface area contributed by atoms with Crippen LogP contribution in [-0.4, -0.2) is 25.5 Å². The van der Waals surface area contributed by atoms with E-state index >= 15 is 0 Å². The predicted octanol–water partition coefficient (Wildman–Crippen LogP) is 2.24. The van der Waals surface area contributed by atoms with Crippen molar-refractivity contribution in [2.45, 2.75) is 18.3 Å². The Morgan fingerprint density at radius 2 is 2.05 bits per heavy atom. The topological polar surface area (TPSA) is 41.1 Å². The molecule has 0 bridgehead atoms. The number of carbonyl (C=O) groups is 1. The van der Waals surface area contributed by atoms with Crippen molar-refractivity contribution < 1.29 is 4.79 Å². The van der Waals surface area contributed by atoms with Gasteiger partial charge in [-0.1, -0.05) is 34.1 Å². The summed E-state index contributed by atoms with van der Waals surface area (Å²) in [4.78, 5) is 11.9. The lowest BCUT2D eigenvalue weighted by Crippen LogP contribution is -2.51. The highest BCUT2D eigenvalue weighted by atomic mass is 79.9. The van der Waals surface area contributed by atoms with Gasteiger partial charge in [-0.25, -0.2) is 0 Å². The SMILES string of the molecule is Cl.O=C(NCC1(c2ccccc2Br)CC1)C1CNC1. The third-order valence-electron chi connectivity index (χ3n) is 4.05. The second kappa shape index (κ2) is 5.81. The van der Waals surface area contributed by atoms with Gasteiger partial charge in [0.25, 0.3) is 0 Å². The Bertz CT molecular complexity index is 472. The molecule has 0 spiro atoms. The summed E-state index contributed by atoms with van der Waals surface area (Å²) < 4.78 is 1.15. The van der Waals surface area contributed by atoms with E-state index in [4.69, 9.17) is 0 Å². The van der Waals surface area contributed by atoms with Crippen LogP contribution in [0.25, 0.3) is 0 Å². The van der Waals surface area contributed by atoms with Gasteiger partial charge in [0.15, 0.2) is 0 Å². The van der Waals surface area contributed by atoms with E-state index in [2.05, 4.69) is 44.8 Å². The number of rotatable bonds is 4. The number of hydrogen-bond acceptors (Lipinski definition) is 2. The molecule has 1 aliphatic heterocycles. The Morgan fingerprint density at radius 1 is 1.37 bits per heavy atom. The van der Waals surface area contributed by atoms with Gasteiger partial charge in [0.2, 0.25) is 5.91 Å². The maximum Gasteiger partial charge on any atom is 0.225 e. The number of amides is 1. The van der Waals surface area contributed by atoms with Crippen LogP contribution in [0.5, 0.6) is 0 Å². The minimum Gasteiger partial charge on any atom is -0.355 e. The molecule has 0 aromatic heterocycles. The lowest BCUT2D eigenvalue weighted by molar-refractivity contribution is -0.126. The van der Waals surface area contributed by atoms with Crippen LogP contribution in [-0.2, 0) is 10.2 Å². The molecule has 1 heterocycles. The first kappa shape index (κ1) is 14.8. The molecule has 104 valence electrons. The molecule has 0 radical (unpaired) electrons. The Morgan fingerprint density at radius 3 is 2.58 bits per heavy atom. The summed E-state index contributed by atoms with van der Waals surface area (Å²) in [7, 11) is 0. The summed E-state index contributed by atoms with van der Waals surface area (Å²) in [6.45, 7) is 2.42. The molecular formula is C14H18BrClN2O. The van der Waals surface area contributed by atoms with Crippen LogP contribution in [0.4, 0.5) is 0 Å². The molecule has 1 aliphatic carbocycles. The van der Waals surface area contributed by atoms with E-state index in [0.29, 0.717) is 0 Å².